The lowest BCUT2D eigenvalue weighted by Gasteiger charge is -2.38. The van der Waals surface area contributed by atoms with E-state index >= 15 is 0 Å². The first-order valence-electron chi connectivity index (χ1n) is 8.05. The molecule has 23 heavy (non-hydrogen) atoms. The summed E-state index contributed by atoms with van der Waals surface area (Å²) in [6.45, 7) is 4.84. The number of amides is 1. The highest BCUT2D eigenvalue weighted by atomic mass is 19.1. The average Bonchev–Trinajstić information content (AvgIpc) is 3.01. The van der Waals surface area contributed by atoms with Crippen molar-refractivity contribution in [3.8, 4) is 0 Å². The Morgan fingerprint density at radius 2 is 2.09 bits per heavy atom. The fourth-order valence-corrected chi connectivity index (χ4v) is 3.27. The fraction of sp³-hybridized carbons (Fsp3) is 0.471. The number of carbonyl (C=O) groups excluding carboxylic acids is 1. The SMILES string of the molecule is CCC(CO)N1CCN(C(=O)c2c[nH]c3cccc(F)c23)CC1. The minimum Gasteiger partial charge on any atom is -0.395 e. The van der Waals surface area contributed by atoms with E-state index < -0.39 is 0 Å². The molecular weight excluding hydrogens is 297 g/mol. The van der Waals surface area contributed by atoms with Crippen molar-refractivity contribution < 1.29 is 14.3 Å². The second-order valence-corrected chi connectivity index (χ2v) is 5.94. The van der Waals surface area contributed by atoms with Gasteiger partial charge in [-0.05, 0) is 18.6 Å². The van der Waals surface area contributed by atoms with Crippen LogP contribution in [0.15, 0.2) is 24.4 Å². The largest absolute Gasteiger partial charge is 0.395 e. The lowest BCUT2D eigenvalue weighted by atomic mass is 10.1. The maximum absolute atomic E-state index is 14.0. The van der Waals surface area contributed by atoms with Gasteiger partial charge < -0.3 is 15.0 Å². The number of hydrogen-bond donors (Lipinski definition) is 2. The molecule has 1 saturated heterocycles. The maximum Gasteiger partial charge on any atom is 0.256 e. The number of aliphatic hydroxyl groups excluding tert-OH is 1. The molecule has 3 rings (SSSR count). The molecule has 1 atom stereocenters. The summed E-state index contributed by atoms with van der Waals surface area (Å²) in [5.41, 5.74) is 1.03. The second kappa shape index (κ2) is 6.68. The zero-order valence-electron chi connectivity index (χ0n) is 13.3. The molecule has 6 heteroatoms. The van der Waals surface area contributed by atoms with Crippen LogP contribution in [0.25, 0.3) is 10.9 Å². The third-order valence-electron chi connectivity index (χ3n) is 4.69. The molecule has 124 valence electrons. The highest BCUT2D eigenvalue weighted by molar-refractivity contribution is 6.06. The van der Waals surface area contributed by atoms with Crippen molar-refractivity contribution in [3.05, 3.63) is 35.8 Å². The molecule has 1 aliphatic rings. The van der Waals surface area contributed by atoms with E-state index in [0.29, 0.717) is 29.6 Å². The summed E-state index contributed by atoms with van der Waals surface area (Å²) in [6, 6.07) is 4.91. The van der Waals surface area contributed by atoms with Crippen molar-refractivity contribution in [2.75, 3.05) is 32.8 Å². The number of aromatic amines is 1. The van der Waals surface area contributed by atoms with Crippen LogP contribution in [-0.4, -0.2) is 64.6 Å². The molecule has 1 amide bonds. The standard InChI is InChI=1S/C17H22FN3O2/c1-2-12(11-22)20-6-8-21(9-7-20)17(23)13-10-19-15-5-3-4-14(18)16(13)15/h3-5,10,12,19,22H,2,6-9,11H2,1H3. The van der Waals surface area contributed by atoms with E-state index in [1.54, 1.807) is 23.2 Å². The number of benzene rings is 1. The van der Waals surface area contributed by atoms with Gasteiger partial charge in [0, 0.05) is 49.3 Å². The summed E-state index contributed by atoms with van der Waals surface area (Å²) in [5, 5.41) is 9.75. The minimum absolute atomic E-state index is 0.137. The zero-order valence-corrected chi connectivity index (χ0v) is 13.3. The summed E-state index contributed by atoms with van der Waals surface area (Å²) in [6.07, 6.45) is 2.48. The van der Waals surface area contributed by atoms with Gasteiger partial charge in [-0.2, -0.15) is 0 Å². The number of carbonyl (C=O) groups is 1. The molecular formula is C17H22FN3O2. The topological polar surface area (TPSA) is 59.6 Å². The van der Waals surface area contributed by atoms with Gasteiger partial charge in [0.25, 0.3) is 5.91 Å². The zero-order chi connectivity index (χ0) is 16.4. The molecule has 0 saturated carbocycles. The van der Waals surface area contributed by atoms with Crippen molar-refractivity contribution in [1.82, 2.24) is 14.8 Å². The first-order chi connectivity index (χ1) is 11.2. The van der Waals surface area contributed by atoms with E-state index in [-0.39, 0.29) is 24.4 Å². The predicted molar refractivity (Wildman–Crippen MR) is 86.9 cm³/mol. The van der Waals surface area contributed by atoms with Gasteiger partial charge in [0.1, 0.15) is 5.82 Å². The van der Waals surface area contributed by atoms with Crippen molar-refractivity contribution in [1.29, 1.82) is 0 Å². The van der Waals surface area contributed by atoms with Crippen molar-refractivity contribution in [2.45, 2.75) is 19.4 Å². The first kappa shape index (κ1) is 16.0. The van der Waals surface area contributed by atoms with Crippen LogP contribution >= 0.6 is 0 Å². The van der Waals surface area contributed by atoms with Crippen LogP contribution in [0.5, 0.6) is 0 Å². The van der Waals surface area contributed by atoms with Crippen LogP contribution in [0.3, 0.4) is 0 Å². The summed E-state index contributed by atoms with van der Waals surface area (Å²) in [7, 11) is 0. The number of nitrogens with one attached hydrogen (secondary N) is 1. The number of rotatable bonds is 4. The minimum atomic E-state index is -0.378. The van der Waals surface area contributed by atoms with Crippen molar-refractivity contribution in [3.63, 3.8) is 0 Å². The van der Waals surface area contributed by atoms with E-state index in [0.717, 1.165) is 19.5 Å². The molecule has 2 heterocycles. The Morgan fingerprint density at radius 3 is 2.74 bits per heavy atom. The van der Waals surface area contributed by atoms with E-state index in [1.807, 2.05) is 6.92 Å². The van der Waals surface area contributed by atoms with Gasteiger partial charge in [0.15, 0.2) is 0 Å². The quantitative estimate of drug-likeness (QED) is 0.904. The van der Waals surface area contributed by atoms with Gasteiger partial charge in [-0.25, -0.2) is 4.39 Å². The molecule has 1 fully saturated rings. The predicted octanol–water partition coefficient (Wildman–Crippen LogP) is 1.84. The number of fused-ring (bicyclic) bond motifs is 1. The van der Waals surface area contributed by atoms with Gasteiger partial charge in [-0.15, -0.1) is 0 Å². The summed E-state index contributed by atoms with van der Waals surface area (Å²) < 4.78 is 14.0. The van der Waals surface area contributed by atoms with Gasteiger partial charge in [0.05, 0.1) is 12.2 Å². The number of nitrogens with zero attached hydrogens (tertiary/aromatic N) is 2. The Balaban J connectivity index is 1.74. The number of piperazine rings is 1. The Labute approximate surface area is 134 Å². The number of hydrogen-bond acceptors (Lipinski definition) is 3. The summed E-state index contributed by atoms with van der Waals surface area (Å²) in [4.78, 5) is 19.6. The van der Waals surface area contributed by atoms with E-state index in [4.69, 9.17) is 0 Å². The van der Waals surface area contributed by atoms with Crippen LogP contribution in [0, 0.1) is 5.82 Å². The summed E-state index contributed by atoms with van der Waals surface area (Å²) >= 11 is 0. The smallest absolute Gasteiger partial charge is 0.256 e. The number of H-pyrrole nitrogens is 1. The van der Waals surface area contributed by atoms with Crippen molar-refractivity contribution in [2.24, 2.45) is 0 Å². The lowest BCUT2D eigenvalue weighted by Crippen LogP contribution is -2.52. The van der Waals surface area contributed by atoms with Gasteiger partial charge in [-0.3, -0.25) is 9.69 Å². The maximum atomic E-state index is 14.0. The summed E-state index contributed by atoms with van der Waals surface area (Å²) in [5.74, 6) is -0.518. The molecule has 0 bridgehead atoms. The van der Waals surface area contributed by atoms with Crippen LogP contribution in [0.1, 0.15) is 23.7 Å². The fourth-order valence-electron chi connectivity index (χ4n) is 3.27. The molecule has 0 radical (unpaired) electrons. The Kier molecular flexibility index (Phi) is 4.63. The highest BCUT2D eigenvalue weighted by Gasteiger charge is 2.27. The molecule has 2 N–H and O–H groups in total. The number of aromatic nitrogens is 1. The van der Waals surface area contributed by atoms with Crippen LogP contribution in [0.4, 0.5) is 4.39 Å². The van der Waals surface area contributed by atoms with Crippen LogP contribution in [0.2, 0.25) is 0 Å². The molecule has 1 aromatic heterocycles. The second-order valence-electron chi connectivity index (χ2n) is 5.94. The van der Waals surface area contributed by atoms with E-state index in [2.05, 4.69) is 9.88 Å². The molecule has 2 aromatic rings. The third-order valence-corrected chi connectivity index (χ3v) is 4.69. The third kappa shape index (κ3) is 2.96. The van der Waals surface area contributed by atoms with Crippen LogP contribution in [-0.2, 0) is 0 Å². The van der Waals surface area contributed by atoms with Crippen LogP contribution < -0.4 is 0 Å². The monoisotopic (exact) mass is 319 g/mol. The van der Waals surface area contributed by atoms with E-state index in [1.165, 1.54) is 6.07 Å². The average molecular weight is 319 g/mol. The first-order valence-corrected chi connectivity index (χ1v) is 8.05. The van der Waals surface area contributed by atoms with E-state index in [9.17, 15) is 14.3 Å². The molecule has 5 nitrogen and oxygen atoms in total. The molecule has 0 aliphatic carbocycles. The van der Waals surface area contributed by atoms with Gasteiger partial charge >= 0.3 is 0 Å². The molecule has 1 unspecified atom stereocenters. The van der Waals surface area contributed by atoms with Gasteiger partial charge in [0.2, 0.25) is 0 Å². The van der Waals surface area contributed by atoms with Crippen molar-refractivity contribution >= 4 is 16.8 Å². The molecule has 1 aliphatic heterocycles. The lowest BCUT2D eigenvalue weighted by molar-refractivity contribution is 0.0473. The highest BCUT2D eigenvalue weighted by Crippen LogP contribution is 2.23. The normalized spacial score (nSPS) is 17.6. The van der Waals surface area contributed by atoms with Gasteiger partial charge in [-0.1, -0.05) is 13.0 Å². The Bertz CT molecular complexity index is 688. The number of aliphatic hydroxyl groups is 1. The Hall–Kier alpha value is -1.92. The molecule has 1 aromatic carbocycles. The Morgan fingerprint density at radius 1 is 1.35 bits per heavy atom. The molecule has 0 spiro atoms. The number of halogens is 1.